The van der Waals surface area contributed by atoms with Crippen LogP contribution in [-0.2, 0) is 0 Å². The van der Waals surface area contributed by atoms with Gasteiger partial charge in [-0.25, -0.2) is 0 Å². The van der Waals surface area contributed by atoms with Gasteiger partial charge >= 0.3 is 0 Å². The highest BCUT2D eigenvalue weighted by atomic mass is 35.5. The van der Waals surface area contributed by atoms with Crippen LogP contribution in [0.4, 0.5) is 5.69 Å². The van der Waals surface area contributed by atoms with E-state index in [4.69, 9.17) is 16.3 Å². The molecule has 3 nitrogen and oxygen atoms in total. The molecule has 0 atom stereocenters. The lowest BCUT2D eigenvalue weighted by Crippen LogP contribution is -1.93. The standard InChI is InChI=1S/C10H13ClN2O/c1-3-10(11)13-12-8-4-6-9(14-2)7-5-8/h4-7,12H,3H2,1-2H3/b13-10-. The topological polar surface area (TPSA) is 33.6 Å². The molecule has 0 aromatic heterocycles. The molecule has 4 heteroatoms. The van der Waals surface area contributed by atoms with Crippen LogP contribution in [0.1, 0.15) is 13.3 Å². The number of benzene rings is 1. The summed E-state index contributed by atoms with van der Waals surface area (Å²) in [6.07, 6.45) is 0.727. The number of hydrazone groups is 1. The maximum absolute atomic E-state index is 5.74. The molecule has 0 saturated heterocycles. The number of ether oxygens (including phenoxy) is 1. The highest BCUT2D eigenvalue weighted by Crippen LogP contribution is 2.14. The molecule has 1 rings (SSSR count). The van der Waals surface area contributed by atoms with Crippen molar-refractivity contribution >= 4 is 22.5 Å². The number of nitrogens with one attached hydrogen (secondary N) is 1. The van der Waals surface area contributed by atoms with Crippen molar-refractivity contribution in [2.24, 2.45) is 5.10 Å². The Morgan fingerprint density at radius 2 is 2.07 bits per heavy atom. The summed E-state index contributed by atoms with van der Waals surface area (Å²) in [5, 5.41) is 4.52. The summed E-state index contributed by atoms with van der Waals surface area (Å²) >= 11 is 5.74. The Labute approximate surface area is 88.7 Å². The summed E-state index contributed by atoms with van der Waals surface area (Å²) in [4.78, 5) is 0. The number of anilines is 1. The van der Waals surface area contributed by atoms with Crippen molar-refractivity contribution in [1.82, 2.24) is 0 Å². The van der Waals surface area contributed by atoms with Crippen molar-refractivity contribution in [2.45, 2.75) is 13.3 Å². The van der Waals surface area contributed by atoms with Gasteiger partial charge in [0.15, 0.2) is 0 Å². The van der Waals surface area contributed by atoms with Crippen molar-refractivity contribution in [3.8, 4) is 5.75 Å². The van der Waals surface area contributed by atoms with E-state index in [0.717, 1.165) is 17.9 Å². The van der Waals surface area contributed by atoms with E-state index in [1.165, 1.54) is 0 Å². The first-order valence-corrected chi connectivity index (χ1v) is 4.76. The van der Waals surface area contributed by atoms with E-state index in [-0.39, 0.29) is 0 Å². The van der Waals surface area contributed by atoms with Crippen LogP contribution in [-0.4, -0.2) is 12.3 Å². The molecular formula is C10H13ClN2O. The first kappa shape index (κ1) is 10.9. The SMILES string of the molecule is CC/C(Cl)=N/Nc1ccc(OC)cc1. The fraction of sp³-hybridized carbons (Fsp3) is 0.300. The second kappa shape index (κ2) is 5.50. The molecule has 0 aliphatic rings. The maximum Gasteiger partial charge on any atom is 0.126 e. The number of hydrogen-bond acceptors (Lipinski definition) is 3. The zero-order valence-corrected chi connectivity index (χ0v) is 9.01. The summed E-state index contributed by atoms with van der Waals surface area (Å²) in [7, 11) is 1.63. The summed E-state index contributed by atoms with van der Waals surface area (Å²) in [6, 6.07) is 7.47. The van der Waals surface area contributed by atoms with Gasteiger partial charge in [0.1, 0.15) is 10.9 Å². The van der Waals surface area contributed by atoms with E-state index >= 15 is 0 Å². The van der Waals surface area contributed by atoms with E-state index < -0.39 is 0 Å². The summed E-state index contributed by atoms with van der Waals surface area (Å²) in [5.41, 5.74) is 3.73. The van der Waals surface area contributed by atoms with Gasteiger partial charge in [0.2, 0.25) is 0 Å². The van der Waals surface area contributed by atoms with Crippen molar-refractivity contribution < 1.29 is 4.74 Å². The second-order valence-corrected chi connectivity index (χ2v) is 3.12. The summed E-state index contributed by atoms with van der Waals surface area (Å²) in [5.74, 6) is 0.820. The molecule has 0 bridgehead atoms. The van der Waals surface area contributed by atoms with Crippen LogP contribution in [0.3, 0.4) is 0 Å². The average Bonchev–Trinajstić information content (AvgIpc) is 2.26. The van der Waals surface area contributed by atoms with Gasteiger partial charge in [0, 0.05) is 0 Å². The van der Waals surface area contributed by atoms with Crippen LogP contribution in [0.15, 0.2) is 29.4 Å². The van der Waals surface area contributed by atoms with Gasteiger partial charge in [-0.05, 0) is 30.7 Å². The monoisotopic (exact) mass is 212 g/mol. The fourth-order valence-electron chi connectivity index (χ4n) is 0.870. The Bertz CT molecular complexity index is 308. The lowest BCUT2D eigenvalue weighted by Gasteiger charge is -2.02. The first-order valence-electron chi connectivity index (χ1n) is 4.38. The number of nitrogens with zero attached hydrogens (tertiary/aromatic N) is 1. The van der Waals surface area contributed by atoms with Crippen LogP contribution in [0.2, 0.25) is 0 Å². The molecule has 1 aromatic rings. The van der Waals surface area contributed by atoms with Crippen LogP contribution in [0.25, 0.3) is 0 Å². The lowest BCUT2D eigenvalue weighted by atomic mass is 10.3. The largest absolute Gasteiger partial charge is 0.497 e. The second-order valence-electron chi connectivity index (χ2n) is 2.68. The molecule has 0 radical (unpaired) electrons. The maximum atomic E-state index is 5.74. The third kappa shape index (κ3) is 3.26. The van der Waals surface area contributed by atoms with Gasteiger partial charge in [-0.2, -0.15) is 5.10 Å². The summed E-state index contributed by atoms with van der Waals surface area (Å²) in [6.45, 7) is 1.95. The molecule has 0 heterocycles. The number of hydrogen-bond donors (Lipinski definition) is 1. The Morgan fingerprint density at radius 3 is 2.57 bits per heavy atom. The molecular weight excluding hydrogens is 200 g/mol. The van der Waals surface area contributed by atoms with Gasteiger partial charge < -0.3 is 4.74 Å². The minimum absolute atomic E-state index is 0.556. The molecule has 0 aliphatic carbocycles. The number of methoxy groups -OCH3 is 1. The normalized spacial score (nSPS) is 11.2. The average molecular weight is 213 g/mol. The highest BCUT2D eigenvalue weighted by molar-refractivity contribution is 6.65. The third-order valence-electron chi connectivity index (χ3n) is 1.69. The smallest absolute Gasteiger partial charge is 0.126 e. The molecule has 0 spiro atoms. The lowest BCUT2D eigenvalue weighted by molar-refractivity contribution is 0.415. The van der Waals surface area contributed by atoms with Gasteiger partial charge in [-0.1, -0.05) is 18.5 Å². The van der Waals surface area contributed by atoms with Gasteiger partial charge in [0.25, 0.3) is 0 Å². The van der Waals surface area contributed by atoms with Crippen LogP contribution < -0.4 is 10.2 Å². The fourth-order valence-corrected chi connectivity index (χ4v) is 0.912. The van der Waals surface area contributed by atoms with Crippen molar-refractivity contribution in [2.75, 3.05) is 12.5 Å². The van der Waals surface area contributed by atoms with Crippen LogP contribution in [0.5, 0.6) is 5.75 Å². The molecule has 0 fully saturated rings. The van der Waals surface area contributed by atoms with E-state index in [1.54, 1.807) is 7.11 Å². The number of halogens is 1. The van der Waals surface area contributed by atoms with E-state index in [2.05, 4.69) is 10.5 Å². The van der Waals surface area contributed by atoms with E-state index in [9.17, 15) is 0 Å². The molecule has 1 N–H and O–H groups in total. The highest BCUT2D eigenvalue weighted by Gasteiger charge is 1.92. The first-order chi connectivity index (χ1) is 6.76. The van der Waals surface area contributed by atoms with Crippen molar-refractivity contribution in [3.63, 3.8) is 0 Å². The van der Waals surface area contributed by atoms with Crippen molar-refractivity contribution in [1.29, 1.82) is 0 Å². The predicted octanol–water partition coefficient (Wildman–Crippen LogP) is 3.07. The molecule has 0 amide bonds. The minimum Gasteiger partial charge on any atom is -0.497 e. The van der Waals surface area contributed by atoms with Gasteiger partial charge in [0.05, 0.1) is 12.8 Å². The molecule has 1 aromatic carbocycles. The molecule has 76 valence electrons. The number of rotatable bonds is 4. The molecule has 14 heavy (non-hydrogen) atoms. The van der Waals surface area contributed by atoms with E-state index in [1.807, 2.05) is 31.2 Å². The predicted molar refractivity (Wildman–Crippen MR) is 60.2 cm³/mol. The third-order valence-corrected chi connectivity index (χ3v) is 2.04. The Balaban J connectivity index is 2.60. The molecule has 0 unspecified atom stereocenters. The Kier molecular flexibility index (Phi) is 4.26. The Morgan fingerprint density at radius 1 is 1.43 bits per heavy atom. The molecule has 0 aliphatic heterocycles. The molecule has 0 saturated carbocycles. The van der Waals surface area contributed by atoms with Gasteiger partial charge in [-0.15, -0.1) is 0 Å². The van der Waals surface area contributed by atoms with E-state index in [0.29, 0.717) is 5.17 Å². The van der Waals surface area contributed by atoms with Crippen LogP contribution >= 0.6 is 11.6 Å². The summed E-state index contributed by atoms with van der Waals surface area (Å²) < 4.78 is 5.03. The quantitative estimate of drug-likeness (QED) is 0.615. The zero-order chi connectivity index (χ0) is 10.4. The Hall–Kier alpha value is -1.22. The minimum atomic E-state index is 0.556. The van der Waals surface area contributed by atoms with Crippen LogP contribution in [0, 0.1) is 0 Å². The van der Waals surface area contributed by atoms with Gasteiger partial charge in [-0.3, -0.25) is 5.43 Å². The zero-order valence-electron chi connectivity index (χ0n) is 8.25. The van der Waals surface area contributed by atoms with Crippen molar-refractivity contribution in [3.05, 3.63) is 24.3 Å².